The van der Waals surface area contributed by atoms with Crippen molar-refractivity contribution in [2.75, 3.05) is 6.54 Å². The fourth-order valence-electron chi connectivity index (χ4n) is 4.76. The number of ether oxygens (including phenoxy) is 1. The van der Waals surface area contributed by atoms with Gasteiger partial charge < -0.3 is 15.2 Å². The van der Waals surface area contributed by atoms with E-state index in [1.807, 2.05) is 0 Å². The average molecular weight is 267 g/mol. The van der Waals surface area contributed by atoms with Crippen LogP contribution in [0, 0.1) is 0 Å². The first-order valence-corrected chi connectivity index (χ1v) is 7.36. The van der Waals surface area contributed by atoms with E-state index < -0.39 is 0 Å². The van der Waals surface area contributed by atoms with Gasteiger partial charge in [-0.15, -0.1) is 0 Å². The molecule has 102 valence electrons. The minimum absolute atomic E-state index is 0.0313. The van der Waals surface area contributed by atoms with E-state index >= 15 is 0 Å². The van der Waals surface area contributed by atoms with Gasteiger partial charge in [0, 0.05) is 11.6 Å². The van der Waals surface area contributed by atoms with Crippen LogP contribution in [-0.4, -0.2) is 23.8 Å². The summed E-state index contributed by atoms with van der Waals surface area (Å²) in [4.78, 5) is 0. The molecule has 3 heteroatoms. The van der Waals surface area contributed by atoms with Crippen molar-refractivity contribution < 1.29 is 9.84 Å². The molecule has 0 amide bonds. The predicted octanol–water partition coefficient (Wildman–Crippen LogP) is 2.20. The summed E-state index contributed by atoms with van der Waals surface area (Å²) in [6.45, 7) is 3.16. The van der Waals surface area contributed by atoms with Gasteiger partial charge in [0.25, 0.3) is 0 Å². The van der Waals surface area contributed by atoms with Gasteiger partial charge in [0.05, 0.1) is 5.41 Å². The molecule has 2 aliphatic heterocycles. The third kappa shape index (κ3) is 1.01. The van der Waals surface area contributed by atoms with E-state index in [1.165, 1.54) is 22.3 Å². The van der Waals surface area contributed by atoms with E-state index in [1.54, 1.807) is 6.07 Å². The van der Waals surface area contributed by atoms with Crippen LogP contribution in [0.1, 0.15) is 24.5 Å². The zero-order chi connectivity index (χ0) is 13.5. The Balaban J connectivity index is 1.91. The number of hydrogen-bond donors (Lipinski definition) is 2. The highest BCUT2D eigenvalue weighted by Crippen LogP contribution is 2.61. The Kier molecular flexibility index (Phi) is 1.80. The molecule has 2 aliphatic carbocycles. The molecule has 3 nitrogen and oxygen atoms in total. The predicted molar refractivity (Wildman–Crippen MR) is 76.2 cm³/mol. The third-order valence-electron chi connectivity index (χ3n) is 5.52. The largest absolute Gasteiger partial charge is 0.504 e. The minimum atomic E-state index is -0.0313. The highest BCUT2D eigenvalue weighted by molar-refractivity contribution is 5.67. The van der Waals surface area contributed by atoms with E-state index in [2.05, 4.69) is 30.5 Å². The second-order valence-corrected chi connectivity index (χ2v) is 6.41. The van der Waals surface area contributed by atoms with Gasteiger partial charge in [0.15, 0.2) is 11.5 Å². The summed E-state index contributed by atoms with van der Waals surface area (Å²) in [7, 11) is 0. The number of phenols is 1. The molecule has 2 bridgehead atoms. The lowest BCUT2D eigenvalue weighted by atomic mass is 9.57. The topological polar surface area (TPSA) is 41.5 Å². The number of rotatable bonds is 0. The molecule has 20 heavy (non-hydrogen) atoms. The van der Waals surface area contributed by atoms with E-state index in [0.717, 1.165) is 25.1 Å². The maximum absolute atomic E-state index is 10.2. The Hall–Kier alpha value is -1.74. The first-order chi connectivity index (χ1) is 9.72. The minimum Gasteiger partial charge on any atom is -0.504 e. The number of aromatic hydroxyl groups is 1. The van der Waals surface area contributed by atoms with E-state index in [0.29, 0.717) is 6.04 Å². The van der Waals surface area contributed by atoms with Gasteiger partial charge in [0.2, 0.25) is 0 Å². The van der Waals surface area contributed by atoms with Crippen molar-refractivity contribution in [1.29, 1.82) is 0 Å². The standard InChI is InChI=1S/C17H17NO2/c1-9-2-4-11-12-8-10-3-5-13(19)15-14(10)17(11,6-7-18-12)16(9)20-15/h2-5,12,16,18-19H,6-8H2,1H3/t12?,16-,17-/m0/s1. The second kappa shape index (κ2) is 3.29. The molecule has 1 spiro atoms. The van der Waals surface area contributed by atoms with Gasteiger partial charge in [-0.25, -0.2) is 0 Å². The molecule has 1 aromatic rings. The van der Waals surface area contributed by atoms with Crippen LogP contribution in [0.15, 0.2) is 35.4 Å². The Labute approximate surface area is 118 Å². The van der Waals surface area contributed by atoms with Gasteiger partial charge >= 0.3 is 0 Å². The second-order valence-electron chi connectivity index (χ2n) is 6.41. The van der Waals surface area contributed by atoms with Crippen LogP contribution in [0.4, 0.5) is 0 Å². The smallest absolute Gasteiger partial charge is 0.166 e. The molecular weight excluding hydrogens is 250 g/mol. The van der Waals surface area contributed by atoms with Crippen LogP contribution in [0.3, 0.4) is 0 Å². The molecule has 3 atom stereocenters. The number of benzene rings is 1. The number of allylic oxidation sites excluding steroid dienone is 2. The molecule has 1 fully saturated rings. The van der Waals surface area contributed by atoms with E-state index in [9.17, 15) is 5.11 Å². The fraction of sp³-hybridized carbons (Fsp3) is 0.412. The molecule has 4 aliphatic rings. The quantitative estimate of drug-likeness (QED) is 0.757. The van der Waals surface area contributed by atoms with Gasteiger partial charge in [-0.2, -0.15) is 0 Å². The molecule has 2 heterocycles. The van der Waals surface area contributed by atoms with Crippen molar-refractivity contribution in [3.63, 3.8) is 0 Å². The lowest BCUT2D eigenvalue weighted by molar-refractivity contribution is 0.163. The molecule has 2 N–H and O–H groups in total. The fourth-order valence-corrected chi connectivity index (χ4v) is 4.76. The summed E-state index contributed by atoms with van der Waals surface area (Å²) in [6.07, 6.45) is 6.59. The van der Waals surface area contributed by atoms with Crippen molar-refractivity contribution in [1.82, 2.24) is 5.32 Å². The van der Waals surface area contributed by atoms with Crippen molar-refractivity contribution in [3.8, 4) is 11.5 Å². The van der Waals surface area contributed by atoms with E-state index in [4.69, 9.17) is 4.74 Å². The van der Waals surface area contributed by atoms with Gasteiger partial charge in [-0.1, -0.05) is 18.2 Å². The summed E-state index contributed by atoms with van der Waals surface area (Å²) >= 11 is 0. The van der Waals surface area contributed by atoms with Crippen LogP contribution in [0.5, 0.6) is 11.5 Å². The number of hydrogen-bond acceptors (Lipinski definition) is 3. The molecular formula is C17H17NO2. The van der Waals surface area contributed by atoms with Crippen LogP contribution in [0.2, 0.25) is 0 Å². The molecule has 1 unspecified atom stereocenters. The Morgan fingerprint density at radius 2 is 2.25 bits per heavy atom. The Morgan fingerprint density at radius 3 is 3.15 bits per heavy atom. The van der Waals surface area contributed by atoms with Gasteiger partial charge in [0.1, 0.15) is 6.10 Å². The van der Waals surface area contributed by atoms with Crippen molar-refractivity contribution in [2.45, 2.75) is 37.3 Å². The van der Waals surface area contributed by atoms with Crippen LogP contribution >= 0.6 is 0 Å². The molecule has 0 radical (unpaired) electrons. The summed E-state index contributed by atoms with van der Waals surface area (Å²) in [6, 6.07) is 4.28. The normalized spacial score (nSPS) is 35.9. The van der Waals surface area contributed by atoms with Gasteiger partial charge in [-0.3, -0.25) is 0 Å². The molecule has 1 saturated heterocycles. The number of nitrogens with one attached hydrogen (secondary N) is 1. The molecule has 0 saturated carbocycles. The average Bonchev–Trinajstić information content (AvgIpc) is 2.78. The number of piperidine rings is 1. The monoisotopic (exact) mass is 267 g/mol. The summed E-state index contributed by atoms with van der Waals surface area (Å²) < 4.78 is 6.23. The molecule has 5 rings (SSSR count). The molecule has 1 aromatic carbocycles. The lowest BCUT2D eigenvalue weighted by Gasteiger charge is -2.50. The SMILES string of the molecule is CC1=CC=C2C3Cc4ccc(O)c5c4[C@@]2(CCN3)[C@H]1O5. The van der Waals surface area contributed by atoms with Crippen LogP contribution < -0.4 is 10.1 Å². The Bertz CT molecular complexity index is 703. The van der Waals surface area contributed by atoms with E-state index in [-0.39, 0.29) is 17.3 Å². The maximum atomic E-state index is 10.2. The number of phenolic OH excluding ortho intramolecular Hbond substituents is 1. The highest BCUT2D eigenvalue weighted by Gasteiger charge is 2.59. The summed E-state index contributed by atoms with van der Waals surface area (Å²) in [5.41, 5.74) is 5.29. The third-order valence-corrected chi connectivity index (χ3v) is 5.52. The molecule has 0 aromatic heterocycles. The zero-order valence-electron chi connectivity index (χ0n) is 11.4. The van der Waals surface area contributed by atoms with Crippen molar-refractivity contribution in [3.05, 3.63) is 46.6 Å². The first kappa shape index (κ1) is 11.0. The van der Waals surface area contributed by atoms with Crippen molar-refractivity contribution >= 4 is 0 Å². The van der Waals surface area contributed by atoms with Crippen LogP contribution in [-0.2, 0) is 11.8 Å². The van der Waals surface area contributed by atoms with Crippen molar-refractivity contribution in [2.24, 2.45) is 0 Å². The zero-order valence-corrected chi connectivity index (χ0v) is 11.4. The maximum Gasteiger partial charge on any atom is 0.166 e. The highest BCUT2D eigenvalue weighted by atomic mass is 16.5. The Morgan fingerprint density at radius 1 is 1.35 bits per heavy atom. The van der Waals surface area contributed by atoms with Crippen LogP contribution in [0.25, 0.3) is 0 Å². The summed E-state index contributed by atoms with van der Waals surface area (Å²) in [5, 5.41) is 13.9. The summed E-state index contributed by atoms with van der Waals surface area (Å²) in [5.74, 6) is 1.02. The first-order valence-electron chi connectivity index (χ1n) is 7.36. The lowest BCUT2D eigenvalue weighted by Crippen LogP contribution is -2.57. The van der Waals surface area contributed by atoms with Gasteiger partial charge in [-0.05, 0) is 49.1 Å².